The first-order valence-corrected chi connectivity index (χ1v) is 2.76. The van der Waals surface area contributed by atoms with Crippen LogP contribution in [0.15, 0.2) is 16.9 Å². The molecular formula is C6H10N2. The van der Waals surface area contributed by atoms with E-state index in [1.54, 1.807) is 0 Å². The Balaban J connectivity index is 2.63. The van der Waals surface area contributed by atoms with Crippen LogP contribution in [-0.2, 0) is 0 Å². The molecule has 1 rings (SSSR count). The van der Waals surface area contributed by atoms with Crippen LogP contribution in [0, 0.1) is 5.92 Å². The largest absolute Gasteiger partial charge is 0.286 e. The highest BCUT2D eigenvalue weighted by Crippen LogP contribution is 2.07. The zero-order valence-electron chi connectivity index (χ0n) is 5.18. The van der Waals surface area contributed by atoms with Crippen LogP contribution in [0.5, 0.6) is 0 Å². The number of hydrogen-bond acceptors (Lipinski definition) is 2. The molecule has 0 aromatic heterocycles. The predicted octanol–water partition coefficient (Wildman–Crippen LogP) is 1.12. The van der Waals surface area contributed by atoms with E-state index in [0.29, 0.717) is 5.92 Å². The quantitative estimate of drug-likeness (QED) is 0.496. The molecule has 8 heavy (non-hydrogen) atoms. The van der Waals surface area contributed by atoms with Crippen molar-refractivity contribution in [2.24, 2.45) is 11.0 Å². The average Bonchev–Trinajstić information content (AvgIpc) is 1.77. The van der Waals surface area contributed by atoms with Crippen LogP contribution < -0.4 is 5.43 Å². The lowest BCUT2D eigenvalue weighted by molar-refractivity contribution is 0.823. The molecule has 0 saturated heterocycles. The van der Waals surface area contributed by atoms with Crippen molar-refractivity contribution in [3.8, 4) is 0 Å². The van der Waals surface area contributed by atoms with Crippen molar-refractivity contribution < 1.29 is 0 Å². The molecule has 0 spiro atoms. The minimum Gasteiger partial charge on any atom is -0.286 e. The Morgan fingerprint density at radius 3 is 2.88 bits per heavy atom. The summed E-state index contributed by atoms with van der Waals surface area (Å²) in [6.07, 6.45) is 3.82. The van der Waals surface area contributed by atoms with Crippen LogP contribution in [-0.4, -0.2) is 6.21 Å². The van der Waals surface area contributed by atoms with Crippen LogP contribution >= 0.6 is 0 Å². The molecule has 1 aliphatic heterocycles. The highest BCUT2D eigenvalue weighted by atomic mass is 15.3. The van der Waals surface area contributed by atoms with E-state index in [9.17, 15) is 0 Å². The fourth-order valence-corrected chi connectivity index (χ4v) is 0.543. The molecule has 0 aromatic carbocycles. The maximum atomic E-state index is 3.86. The summed E-state index contributed by atoms with van der Waals surface area (Å²) < 4.78 is 0. The molecule has 0 bridgehead atoms. The molecule has 0 aromatic rings. The Morgan fingerprint density at radius 2 is 2.50 bits per heavy atom. The van der Waals surface area contributed by atoms with Crippen molar-refractivity contribution in [3.05, 3.63) is 11.8 Å². The Morgan fingerprint density at radius 1 is 1.75 bits per heavy atom. The number of nitrogens with one attached hydrogen (secondary N) is 1. The number of hydrazone groups is 1. The smallest absolute Gasteiger partial charge is 0.0315 e. The fourth-order valence-electron chi connectivity index (χ4n) is 0.543. The average molecular weight is 110 g/mol. The molecule has 1 N–H and O–H groups in total. The fraction of sp³-hybridized carbons (Fsp3) is 0.500. The van der Waals surface area contributed by atoms with E-state index >= 15 is 0 Å². The van der Waals surface area contributed by atoms with E-state index < -0.39 is 0 Å². The zero-order valence-corrected chi connectivity index (χ0v) is 5.18. The molecule has 0 saturated carbocycles. The summed E-state index contributed by atoms with van der Waals surface area (Å²) in [5.41, 5.74) is 4.11. The van der Waals surface area contributed by atoms with Gasteiger partial charge in [0.25, 0.3) is 0 Å². The molecule has 0 radical (unpaired) electrons. The second kappa shape index (κ2) is 1.99. The van der Waals surface area contributed by atoms with Gasteiger partial charge in [0.2, 0.25) is 0 Å². The van der Waals surface area contributed by atoms with Gasteiger partial charge in [0.1, 0.15) is 0 Å². The van der Waals surface area contributed by atoms with Gasteiger partial charge in [-0.25, -0.2) is 0 Å². The molecule has 44 valence electrons. The minimum atomic E-state index is 0.510. The van der Waals surface area contributed by atoms with Crippen LogP contribution in [0.4, 0.5) is 0 Å². The Kier molecular flexibility index (Phi) is 1.33. The lowest BCUT2D eigenvalue weighted by atomic mass is 10.1. The highest BCUT2D eigenvalue weighted by Gasteiger charge is 2.01. The molecular weight excluding hydrogens is 100 g/mol. The Labute approximate surface area is 49.3 Å². The van der Waals surface area contributed by atoms with Crippen molar-refractivity contribution in [2.45, 2.75) is 13.8 Å². The third-order valence-corrected chi connectivity index (χ3v) is 1.38. The molecule has 1 heterocycles. The number of nitrogens with zero attached hydrogens (tertiary/aromatic N) is 1. The number of allylic oxidation sites excluding steroid dienone is 1. The van der Waals surface area contributed by atoms with Crippen LogP contribution in [0.25, 0.3) is 0 Å². The summed E-state index contributed by atoms with van der Waals surface area (Å²) in [5.74, 6) is 0.510. The maximum absolute atomic E-state index is 3.86. The lowest BCUT2D eigenvalue weighted by Crippen LogP contribution is -2.10. The van der Waals surface area contributed by atoms with E-state index in [2.05, 4.69) is 24.4 Å². The van der Waals surface area contributed by atoms with Crippen molar-refractivity contribution >= 4 is 6.21 Å². The summed E-state index contributed by atoms with van der Waals surface area (Å²) in [4.78, 5) is 0. The first-order valence-electron chi connectivity index (χ1n) is 2.76. The maximum Gasteiger partial charge on any atom is 0.0315 e. The van der Waals surface area contributed by atoms with Gasteiger partial charge in [-0.3, -0.25) is 5.43 Å². The predicted molar refractivity (Wildman–Crippen MR) is 34.5 cm³/mol. The third-order valence-electron chi connectivity index (χ3n) is 1.38. The van der Waals surface area contributed by atoms with Gasteiger partial charge in [0, 0.05) is 18.3 Å². The molecule has 1 atom stereocenters. The van der Waals surface area contributed by atoms with E-state index in [4.69, 9.17) is 0 Å². The molecule has 0 fully saturated rings. The van der Waals surface area contributed by atoms with Crippen molar-refractivity contribution in [1.82, 2.24) is 5.43 Å². The van der Waals surface area contributed by atoms with Gasteiger partial charge in [-0.05, 0) is 12.5 Å². The van der Waals surface area contributed by atoms with Gasteiger partial charge >= 0.3 is 0 Å². The summed E-state index contributed by atoms with van der Waals surface area (Å²) in [5, 5.41) is 3.86. The van der Waals surface area contributed by atoms with Crippen molar-refractivity contribution in [3.63, 3.8) is 0 Å². The van der Waals surface area contributed by atoms with Crippen LogP contribution in [0.2, 0.25) is 0 Å². The van der Waals surface area contributed by atoms with Crippen molar-refractivity contribution in [2.75, 3.05) is 0 Å². The molecule has 1 aliphatic rings. The van der Waals surface area contributed by atoms with E-state index in [1.807, 2.05) is 12.4 Å². The van der Waals surface area contributed by atoms with Crippen LogP contribution in [0.1, 0.15) is 13.8 Å². The molecule has 2 heteroatoms. The zero-order chi connectivity index (χ0) is 5.98. The standard InChI is InChI=1S/C6H10N2/c1-5-3-7-8-4-6(5)2/h3-5,8H,1-2H3/t5-/m1/s1. The van der Waals surface area contributed by atoms with E-state index in [-0.39, 0.29) is 0 Å². The third kappa shape index (κ3) is 0.886. The summed E-state index contributed by atoms with van der Waals surface area (Å²) in [6.45, 7) is 4.21. The van der Waals surface area contributed by atoms with Gasteiger partial charge in [-0.2, -0.15) is 5.10 Å². The first kappa shape index (κ1) is 5.35. The Hall–Kier alpha value is -0.790. The normalized spacial score (nSPS) is 26.8. The Bertz CT molecular complexity index is 135. The summed E-state index contributed by atoms with van der Waals surface area (Å²) in [7, 11) is 0. The van der Waals surface area contributed by atoms with Gasteiger partial charge in [0.05, 0.1) is 0 Å². The van der Waals surface area contributed by atoms with Gasteiger partial charge in [0.15, 0.2) is 0 Å². The molecule has 0 amide bonds. The van der Waals surface area contributed by atoms with E-state index in [1.165, 1.54) is 5.57 Å². The first-order chi connectivity index (χ1) is 3.80. The SMILES string of the molecule is CC1=CNN=C[C@H]1C. The number of rotatable bonds is 0. The molecule has 0 aliphatic carbocycles. The molecule has 0 unspecified atom stereocenters. The second-order valence-electron chi connectivity index (χ2n) is 2.08. The second-order valence-corrected chi connectivity index (χ2v) is 2.08. The molecule has 2 nitrogen and oxygen atoms in total. The van der Waals surface area contributed by atoms with Gasteiger partial charge < -0.3 is 0 Å². The van der Waals surface area contributed by atoms with Crippen LogP contribution in [0.3, 0.4) is 0 Å². The van der Waals surface area contributed by atoms with Gasteiger partial charge in [-0.1, -0.05) is 6.92 Å². The van der Waals surface area contributed by atoms with Gasteiger partial charge in [-0.15, -0.1) is 0 Å². The minimum absolute atomic E-state index is 0.510. The highest BCUT2D eigenvalue weighted by molar-refractivity contribution is 5.65. The summed E-state index contributed by atoms with van der Waals surface area (Å²) in [6, 6.07) is 0. The van der Waals surface area contributed by atoms with Crippen molar-refractivity contribution in [1.29, 1.82) is 0 Å². The monoisotopic (exact) mass is 110 g/mol. The lowest BCUT2D eigenvalue weighted by Gasteiger charge is -2.09. The van der Waals surface area contributed by atoms with E-state index in [0.717, 1.165) is 0 Å². The number of hydrogen-bond donors (Lipinski definition) is 1. The topological polar surface area (TPSA) is 24.4 Å². The summed E-state index contributed by atoms with van der Waals surface area (Å²) >= 11 is 0.